The summed E-state index contributed by atoms with van der Waals surface area (Å²) in [5, 5.41) is 2.89. The lowest BCUT2D eigenvalue weighted by atomic mass is 10.0. The van der Waals surface area contributed by atoms with Crippen LogP contribution in [0.5, 0.6) is 0 Å². The number of carbonyl (C=O) groups excluding carboxylic acids is 1. The topological polar surface area (TPSA) is 42.0 Å². The highest BCUT2D eigenvalue weighted by Gasteiger charge is 2.31. The minimum atomic E-state index is -0.707. The van der Waals surface area contributed by atoms with Crippen LogP contribution in [0.15, 0.2) is 18.3 Å². The third kappa shape index (κ3) is 2.21. The zero-order chi connectivity index (χ0) is 11.6. The van der Waals surface area contributed by atoms with Crippen molar-refractivity contribution in [3.05, 3.63) is 29.8 Å². The van der Waals surface area contributed by atoms with E-state index >= 15 is 0 Å². The fraction of sp³-hybridized carbons (Fsp3) is 0.500. The summed E-state index contributed by atoms with van der Waals surface area (Å²) in [4.78, 5) is 15.3. The molecular weight excluding hydrogens is 207 g/mol. The summed E-state index contributed by atoms with van der Waals surface area (Å²) in [6.07, 6.45) is 5.49. The Morgan fingerprint density at radius 2 is 2.19 bits per heavy atom. The van der Waals surface area contributed by atoms with E-state index in [2.05, 4.69) is 10.3 Å². The van der Waals surface area contributed by atoms with E-state index in [1.165, 1.54) is 12.3 Å². The number of halogens is 1. The number of amides is 1. The van der Waals surface area contributed by atoms with E-state index in [1.54, 1.807) is 6.07 Å². The number of carbonyl (C=O) groups is 1. The first-order chi connectivity index (χ1) is 7.61. The van der Waals surface area contributed by atoms with Crippen LogP contribution in [0.25, 0.3) is 0 Å². The van der Waals surface area contributed by atoms with Crippen molar-refractivity contribution in [2.45, 2.75) is 38.1 Å². The Labute approximate surface area is 94.1 Å². The van der Waals surface area contributed by atoms with Gasteiger partial charge in [0, 0.05) is 11.7 Å². The van der Waals surface area contributed by atoms with Crippen molar-refractivity contribution < 1.29 is 9.18 Å². The lowest BCUT2D eigenvalue weighted by Gasteiger charge is -2.25. The van der Waals surface area contributed by atoms with Gasteiger partial charge in [0.15, 0.2) is 0 Å². The molecule has 1 saturated carbocycles. The number of nitrogens with zero attached hydrogens (tertiary/aromatic N) is 1. The van der Waals surface area contributed by atoms with Gasteiger partial charge < -0.3 is 5.32 Å². The Hall–Kier alpha value is -1.45. The van der Waals surface area contributed by atoms with Crippen LogP contribution in [0.3, 0.4) is 0 Å². The average molecular weight is 222 g/mol. The van der Waals surface area contributed by atoms with E-state index in [1.807, 2.05) is 6.92 Å². The van der Waals surface area contributed by atoms with Gasteiger partial charge in [-0.15, -0.1) is 0 Å². The molecule has 1 aromatic rings. The minimum absolute atomic E-state index is 0.0237. The van der Waals surface area contributed by atoms with Gasteiger partial charge in [-0.3, -0.25) is 4.79 Å². The fourth-order valence-corrected chi connectivity index (χ4v) is 2.18. The quantitative estimate of drug-likeness (QED) is 0.780. The normalized spacial score (nSPS) is 18.4. The first kappa shape index (κ1) is 11.0. The number of aromatic nitrogens is 1. The number of hydrogen-bond donors (Lipinski definition) is 1. The Bertz CT molecular complexity index is 400. The molecule has 0 bridgehead atoms. The molecule has 1 N–H and O–H groups in total. The Balaban J connectivity index is 2.11. The number of pyridine rings is 1. The molecular formula is C12H15FN2O. The highest BCUT2D eigenvalue weighted by atomic mass is 19.1. The molecule has 0 spiro atoms. The monoisotopic (exact) mass is 222 g/mol. The molecule has 1 aliphatic rings. The summed E-state index contributed by atoms with van der Waals surface area (Å²) < 4.78 is 13.3. The van der Waals surface area contributed by atoms with Crippen molar-refractivity contribution in [3.63, 3.8) is 0 Å². The highest BCUT2D eigenvalue weighted by molar-refractivity contribution is 5.94. The summed E-state index contributed by atoms with van der Waals surface area (Å²) in [5.41, 5.74) is -0.157. The molecule has 3 nitrogen and oxygen atoms in total. The van der Waals surface area contributed by atoms with Gasteiger partial charge in [0.1, 0.15) is 0 Å². The first-order valence-electron chi connectivity index (χ1n) is 5.54. The average Bonchev–Trinajstić information content (AvgIpc) is 2.65. The number of rotatable bonds is 2. The van der Waals surface area contributed by atoms with Gasteiger partial charge in [-0.25, -0.2) is 4.98 Å². The van der Waals surface area contributed by atoms with E-state index < -0.39 is 5.95 Å². The number of hydrogen-bond acceptors (Lipinski definition) is 2. The van der Waals surface area contributed by atoms with Gasteiger partial charge >= 0.3 is 0 Å². The number of nitrogens with one attached hydrogen (secondary N) is 1. The maximum atomic E-state index is 13.3. The third-order valence-corrected chi connectivity index (χ3v) is 3.13. The summed E-state index contributed by atoms with van der Waals surface area (Å²) in [7, 11) is 0. The Kier molecular flexibility index (Phi) is 2.90. The molecule has 1 fully saturated rings. The lowest BCUT2D eigenvalue weighted by molar-refractivity contribution is 0.0903. The van der Waals surface area contributed by atoms with Crippen molar-refractivity contribution >= 4 is 5.91 Å². The molecule has 16 heavy (non-hydrogen) atoms. The van der Waals surface area contributed by atoms with Gasteiger partial charge in [-0.2, -0.15) is 4.39 Å². The van der Waals surface area contributed by atoms with Crippen LogP contribution in [0, 0.1) is 5.95 Å². The molecule has 0 aliphatic heterocycles. The molecule has 1 amide bonds. The highest BCUT2D eigenvalue weighted by Crippen LogP contribution is 2.29. The van der Waals surface area contributed by atoms with E-state index in [9.17, 15) is 9.18 Å². The standard InChI is InChI=1S/C12H15FN2O/c1-12(6-2-3-7-12)15-11(16)9-5-4-8-14-10(9)13/h4-5,8H,2-3,6-7H2,1H3,(H,15,16). The molecule has 0 unspecified atom stereocenters. The van der Waals surface area contributed by atoms with Crippen LogP contribution in [0.4, 0.5) is 4.39 Å². The second-order valence-corrected chi connectivity index (χ2v) is 4.56. The van der Waals surface area contributed by atoms with Gasteiger partial charge in [-0.05, 0) is 31.9 Å². The Morgan fingerprint density at radius 3 is 2.81 bits per heavy atom. The smallest absolute Gasteiger partial charge is 0.256 e. The summed E-state index contributed by atoms with van der Waals surface area (Å²) in [5.74, 6) is -1.07. The second kappa shape index (κ2) is 4.20. The maximum Gasteiger partial charge on any atom is 0.256 e. The zero-order valence-corrected chi connectivity index (χ0v) is 9.29. The molecule has 86 valence electrons. The molecule has 0 radical (unpaired) electrons. The maximum absolute atomic E-state index is 13.3. The molecule has 4 heteroatoms. The predicted molar refractivity (Wildman–Crippen MR) is 58.5 cm³/mol. The van der Waals surface area contributed by atoms with Crippen molar-refractivity contribution in [1.29, 1.82) is 0 Å². The summed E-state index contributed by atoms with van der Waals surface area (Å²) >= 11 is 0. The fourth-order valence-electron chi connectivity index (χ4n) is 2.18. The molecule has 2 rings (SSSR count). The largest absolute Gasteiger partial charge is 0.347 e. The molecule has 1 aliphatic carbocycles. The third-order valence-electron chi connectivity index (χ3n) is 3.13. The lowest BCUT2D eigenvalue weighted by Crippen LogP contribution is -2.43. The Morgan fingerprint density at radius 1 is 1.50 bits per heavy atom. The van der Waals surface area contributed by atoms with E-state index in [4.69, 9.17) is 0 Å². The van der Waals surface area contributed by atoms with Gasteiger partial charge in [0.25, 0.3) is 5.91 Å². The molecule has 0 atom stereocenters. The molecule has 1 heterocycles. The molecule has 0 aromatic carbocycles. The second-order valence-electron chi connectivity index (χ2n) is 4.56. The first-order valence-corrected chi connectivity index (χ1v) is 5.54. The van der Waals surface area contributed by atoms with E-state index in [0.29, 0.717) is 0 Å². The zero-order valence-electron chi connectivity index (χ0n) is 9.29. The molecule has 0 saturated heterocycles. The predicted octanol–water partition coefficient (Wildman–Crippen LogP) is 2.28. The van der Waals surface area contributed by atoms with E-state index in [-0.39, 0.29) is 17.0 Å². The van der Waals surface area contributed by atoms with Crippen LogP contribution >= 0.6 is 0 Å². The van der Waals surface area contributed by atoms with Crippen LogP contribution in [0.1, 0.15) is 43.0 Å². The SMILES string of the molecule is CC1(NC(=O)c2cccnc2F)CCCC1. The van der Waals surface area contributed by atoms with Crippen LogP contribution in [-0.4, -0.2) is 16.4 Å². The summed E-state index contributed by atoms with van der Waals surface area (Å²) in [6.45, 7) is 2.01. The van der Waals surface area contributed by atoms with Crippen LogP contribution < -0.4 is 5.32 Å². The van der Waals surface area contributed by atoms with Crippen LogP contribution in [0.2, 0.25) is 0 Å². The van der Waals surface area contributed by atoms with Crippen molar-refractivity contribution in [1.82, 2.24) is 10.3 Å². The van der Waals surface area contributed by atoms with Gasteiger partial charge in [-0.1, -0.05) is 12.8 Å². The minimum Gasteiger partial charge on any atom is -0.347 e. The van der Waals surface area contributed by atoms with Crippen LogP contribution in [-0.2, 0) is 0 Å². The molecule has 1 aromatic heterocycles. The van der Waals surface area contributed by atoms with Crippen molar-refractivity contribution in [2.75, 3.05) is 0 Å². The van der Waals surface area contributed by atoms with E-state index in [0.717, 1.165) is 25.7 Å². The van der Waals surface area contributed by atoms with Crippen molar-refractivity contribution in [3.8, 4) is 0 Å². The van der Waals surface area contributed by atoms with Gasteiger partial charge in [0.2, 0.25) is 5.95 Å². The summed E-state index contributed by atoms with van der Waals surface area (Å²) in [6, 6.07) is 3.02. The van der Waals surface area contributed by atoms with Gasteiger partial charge in [0.05, 0.1) is 5.56 Å². The van der Waals surface area contributed by atoms with Crippen molar-refractivity contribution in [2.24, 2.45) is 0 Å².